The number of fused-ring (bicyclic) bond motifs is 1. The maximum Gasteiger partial charge on any atom is 0.419 e. The number of pyridine rings is 1. The lowest BCUT2D eigenvalue weighted by molar-refractivity contribution is -0.138. The maximum absolute atomic E-state index is 13.8. The minimum atomic E-state index is -4.83. The van der Waals surface area contributed by atoms with E-state index in [0.29, 0.717) is 31.6 Å². The predicted octanol–water partition coefficient (Wildman–Crippen LogP) is 6.19. The van der Waals surface area contributed by atoms with E-state index in [-0.39, 0.29) is 28.2 Å². The van der Waals surface area contributed by atoms with E-state index in [2.05, 4.69) is 25.8 Å². The zero-order valence-electron chi connectivity index (χ0n) is 25.0. The number of benzene rings is 1. The molecule has 2 aliphatic heterocycles. The predicted molar refractivity (Wildman–Crippen MR) is 164 cm³/mol. The molecule has 1 spiro atoms. The number of aromatic nitrogens is 3. The summed E-state index contributed by atoms with van der Waals surface area (Å²) in [6.45, 7) is 7.24. The summed E-state index contributed by atoms with van der Waals surface area (Å²) in [4.78, 5) is 33.7. The van der Waals surface area contributed by atoms with E-state index in [1.807, 2.05) is 29.1 Å². The quantitative estimate of drug-likeness (QED) is 0.336. The number of rotatable bonds is 4. The molecule has 45 heavy (non-hydrogen) atoms. The molecule has 2 unspecified atom stereocenters. The molecule has 3 aromatic rings. The van der Waals surface area contributed by atoms with E-state index < -0.39 is 35.0 Å². The van der Waals surface area contributed by atoms with Crippen molar-refractivity contribution < 1.29 is 27.9 Å². The van der Waals surface area contributed by atoms with Gasteiger partial charge in [-0.05, 0) is 79.9 Å². The minimum absolute atomic E-state index is 0.0458. The standard InChI is InChI=1S/C31H32F3N7O3S/c1-29(2,3)25-11-18(7-10-39(25)28(43)44)16-38-17-19-12-20(5-6-23(19)37-38)41-27(45)40(26(42)30(41)8-4-9-30)21-13-22(31(32,33)34)24(14-35)36-15-21/h5-6,12-13,15,17-18,25H,4,7-11,16H2,1-3H3,(H,43,44). The topological polar surface area (TPSA) is 119 Å². The molecule has 4 heterocycles. The van der Waals surface area contributed by atoms with Crippen molar-refractivity contribution in [2.75, 3.05) is 16.3 Å². The second-order valence-corrected chi connectivity index (χ2v) is 13.6. The molecule has 1 aliphatic carbocycles. The highest BCUT2D eigenvalue weighted by molar-refractivity contribution is 7.81. The van der Waals surface area contributed by atoms with Gasteiger partial charge in [-0.25, -0.2) is 9.78 Å². The van der Waals surface area contributed by atoms with E-state index in [4.69, 9.17) is 22.6 Å². The number of carbonyl (C=O) groups is 2. The van der Waals surface area contributed by atoms with Crippen molar-refractivity contribution in [2.45, 2.75) is 77.2 Å². The Morgan fingerprint density at radius 3 is 2.53 bits per heavy atom. The first-order chi connectivity index (χ1) is 21.1. The number of alkyl halides is 3. The van der Waals surface area contributed by atoms with Gasteiger partial charge in [0.2, 0.25) is 0 Å². The molecular formula is C31H32F3N7O3S. The third-order valence-corrected chi connectivity index (χ3v) is 9.70. The fraction of sp³-hybridized carbons (Fsp3) is 0.484. The first-order valence-corrected chi connectivity index (χ1v) is 15.2. The van der Waals surface area contributed by atoms with Crippen molar-refractivity contribution in [3.63, 3.8) is 0 Å². The minimum Gasteiger partial charge on any atom is -0.465 e. The molecule has 14 heteroatoms. The first kappa shape index (κ1) is 30.8. The van der Waals surface area contributed by atoms with E-state index in [1.54, 1.807) is 9.80 Å². The van der Waals surface area contributed by atoms with Crippen LogP contribution in [-0.4, -0.2) is 60.0 Å². The highest BCUT2D eigenvalue weighted by atomic mass is 32.1. The van der Waals surface area contributed by atoms with Gasteiger partial charge in [-0.2, -0.15) is 23.5 Å². The summed E-state index contributed by atoms with van der Waals surface area (Å²) in [5.74, 6) is -0.188. The molecule has 236 valence electrons. The highest BCUT2D eigenvalue weighted by Crippen LogP contribution is 2.48. The number of carbonyl (C=O) groups excluding carboxylic acids is 1. The van der Waals surface area contributed by atoms with Crippen LogP contribution in [0.25, 0.3) is 10.9 Å². The molecule has 2 saturated heterocycles. The van der Waals surface area contributed by atoms with Crippen LogP contribution in [0.15, 0.2) is 36.7 Å². The fourth-order valence-electron chi connectivity index (χ4n) is 6.90. The second-order valence-electron chi connectivity index (χ2n) is 13.2. The number of nitriles is 1. The van der Waals surface area contributed by atoms with Crippen LogP contribution in [0, 0.1) is 22.7 Å². The third-order valence-electron chi connectivity index (χ3n) is 9.33. The van der Waals surface area contributed by atoms with Crippen molar-refractivity contribution in [1.29, 1.82) is 5.26 Å². The van der Waals surface area contributed by atoms with Gasteiger partial charge in [0.15, 0.2) is 10.8 Å². The zero-order chi connectivity index (χ0) is 32.5. The lowest BCUT2D eigenvalue weighted by Gasteiger charge is -2.44. The zero-order valence-corrected chi connectivity index (χ0v) is 25.8. The Bertz CT molecular complexity index is 1760. The average molecular weight is 640 g/mol. The molecule has 1 saturated carbocycles. The van der Waals surface area contributed by atoms with Crippen LogP contribution < -0.4 is 9.80 Å². The first-order valence-electron chi connectivity index (χ1n) is 14.8. The molecule has 2 aromatic heterocycles. The van der Waals surface area contributed by atoms with Gasteiger partial charge in [0.25, 0.3) is 5.91 Å². The van der Waals surface area contributed by atoms with Gasteiger partial charge in [0.05, 0.1) is 23.0 Å². The van der Waals surface area contributed by atoms with Crippen molar-refractivity contribution in [1.82, 2.24) is 19.7 Å². The molecular weight excluding hydrogens is 607 g/mol. The molecule has 1 aromatic carbocycles. The summed E-state index contributed by atoms with van der Waals surface area (Å²) in [5.41, 5.74) is -2.01. The summed E-state index contributed by atoms with van der Waals surface area (Å²) in [6, 6.07) is 7.63. The highest BCUT2D eigenvalue weighted by Gasteiger charge is 2.60. The van der Waals surface area contributed by atoms with Gasteiger partial charge < -0.3 is 14.9 Å². The van der Waals surface area contributed by atoms with Crippen molar-refractivity contribution in [3.05, 3.63) is 47.9 Å². The van der Waals surface area contributed by atoms with Gasteiger partial charge in [0, 0.05) is 36.4 Å². The molecule has 0 radical (unpaired) electrons. The molecule has 3 aliphatic rings. The van der Waals surface area contributed by atoms with E-state index in [1.165, 1.54) is 6.07 Å². The van der Waals surface area contributed by atoms with Crippen molar-refractivity contribution >= 4 is 51.6 Å². The van der Waals surface area contributed by atoms with Crippen LogP contribution in [0.4, 0.5) is 29.3 Å². The Hall–Kier alpha value is -4.25. The Morgan fingerprint density at radius 2 is 1.93 bits per heavy atom. The molecule has 2 amide bonds. The summed E-state index contributed by atoms with van der Waals surface area (Å²) >= 11 is 5.75. The third kappa shape index (κ3) is 5.16. The SMILES string of the molecule is CC(C)(C)C1CC(Cn2cc3cc(N4C(=S)N(c5cnc(C#N)c(C(F)(F)F)c5)C(=O)C45CCC5)ccc3n2)CCN1C(=O)O. The largest absolute Gasteiger partial charge is 0.465 e. The molecule has 10 nitrogen and oxygen atoms in total. The van der Waals surface area contributed by atoms with Gasteiger partial charge in [-0.3, -0.25) is 14.4 Å². The van der Waals surface area contributed by atoms with E-state index in [9.17, 15) is 27.9 Å². The van der Waals surface area contributed by atoms with Gasteiger partial charge in [0.1, 0.15) is 11.6 Å². The number of nitrogens with zero attached hydrogens (tertiary/aromatic N) is 7. The molecule has 0 bridgehead atoms. The molecule has 2 atom stereocenters. The molecule has 3 fully saturated rings. The molecule has 6 rings (SSSR count). The fourth-order valence-corrected chi connectivity index (χ4v) is 7.37. The summed E-state index contributed by atoms with van der Waals surface area (Å²) < 4.78 is 43.0. The second kappa shape index (κ2) is 10.7. The van der Waals surface area contributed by atoms with Gasteiger partial charge in [-0.15, -0.1) is 0 Å². The number of amides is 2. The number of piperidine rings is 1. The Morgan fingerprint density at radius 1 is 1.20 bits per heavy atom. The van der Waals surface area contributed by atoms with Crippen LogP contribution in [-0.2, 0) is 17.5 Å². The van der Waals surface area contributed by atoms with Crippen LogP contribution >= 0.6 is 12.2 Å². The van der Waals surface area contributed by atoms with Gasteiger partial charge >= 0.3 is 12.3 Å². The number of carboxylic acid groups (broad SMARTS) is 1. The maximum atomic E-state index is 13.8. The molecule has 1 N–H and O–H groups in total. The normalized spacial score (nSPS) is 21.8. The smallest absolute Gasteiger partial charge is 0.419 e. The monoisotopic (exact) mass is 639 g/mol. The van der Waals surface area contributed by atoms with Crippen molar-refractivity contribution in [3.8, 4) is 6.07 Å². The summed E-state index contributed by atoms with van der Waals surface area (Å²) in [6.07, 6.45) is 0.436. The van der Waals surface area contributed by atoms with Crippen LogP contribution in [0.2, 0.25) is 0 Å². The number of hydrogen-bond acceptors (Lipinski definition) is 6. The number of anilines is 2. The van der Waals surface area contributed by atoms with Crippen molar-refractivity contribution in [2.24, 2.45) is 11.3 Å². The number of thiocarbonyl (C=S) groups is 1. The number of likely N-dealkylation sites (tertiary alicyclic amines) is 1. The lowest BCUT2D eigenvalue weighted by atomic mass is 9.75. The van der Waals surface area contributed by atoms with Crippen LogP contribution in [0.3, 0.4) is 0 Å². The Balaban J connectivity index is 1.29. The van der Waals surface area contributed by atoms with Crippen LogP contribution in [0.5, 0.6) is 0 Å². The Kier molecular flexibility index (Phi) is 7.30. The average Bonchev–Trinajstić information content (AvgIpc) is 3.45. The summed E-state index contributed by atoms with van der Waals surface area (Å²) in [7, 11) is 0. The van der Waals surface area contributed by atoms with E-state index >= 15 is 0 Å². The number of hydrogen-bond donors (Lipinski definition) is 1. The summed E-state index contributed by atoms with van der Waals surface area (Å²) in [5, 5.41) is 24.5. The van der Waals surface area contributed by atoms with E-state index in [0.717, 1.165) is 47.3 Å². The lowest BCUT2D eigenvalue weighted by Crippen LogP contribution is -2.55. The van der Waals surface area contributed by atoms with Gasteiger partial charge in [-0.1, -0.05) is 20.8 Å². The van der Waals surface area contributed by atoms with Crippen LogP contribution in [0.1, 0.15) is 64.1 Å². The number of halogens is 3. The Labute approximate surface area is 263 Å².